The van der Waals surface area contributed by atoms with Crippen LogP contribution in [0.25, 0.3) is 0 Å². The van der Waals surface area contributed by atoms with Crippen molar-refractivity contribution >= 4 is 39.5 Å². The molecule has 19 heteroatoms. The molecule has 0 spiro atoms. The van der Waals surface area contributed by atoms with Gasteiger partial charge in [0.25, 0.3) is 0 Å². The molecule has 0 fully saturated rings. The van der Waals surface area contributed by atoms with Gasteiger partial charge in [0.1, 0.15) is 19.3 Å². The lowest BCUT2D eigenvalue weighted by Crippen LogP contribution is -2.30. The molecule has 0 heterocycles. The number of esters is 4. The van der Waals surface area contributed by atoms with E-state index in [0.29, 0.717) is 32.1 Å². The lowest BCUT2D eigenvalue weighted by Gasteiger charge is -2.21. The molecule has 17 nitrogen and oxygen atoms in total. The van der Waals surface area contributed by atoms with Crippen molar-refractivity contribution < 1.29 is 80.2 Å². The largest absolute Gasteiger partial charge is 0.472 e. The predicted molar refractivity (Wildman–Crippen MR) is 427 cm³/mol. The Labute approximate surface area is 630 Å². The number of ether oxygens (including phenoxy) is 4. The standard InChI is InChI=1S/C85H142O17P2/c1-5-9-13-17-21-25-29-33-37-38-39-40-44-46-50-54-58-62-66-70-83(88)96-76-81(102-85(90)72-68-64-60-56-52-48-43-36-32-28-24-20-16-12-8-4)78-100-104(93,94)98-74-79(86)73-97-103(91,92)99-77-80(101-84(89)71-67-63-59-55-51-47-42-35-31-27-23-19-15-11-7-3)75-95-82(87)69-65-61-57-53-49-45-41-34-30-26-22-18-14-10-6-2/h10,12,14,16,21-28,33-37,39-43,52,56,79-81,86H,5-9,11,13,15,17-20,29-32,38,44-51,53-55,57-78H2,1-4H3,(H,91,92)(H,93,94)/b14-10-,16-12-,25-21-,26-22-,27-23-,28-24-,37-33-,40-39-,41-34-,42-35-,43-36-,56-52-. The Hall–Kier alpha value is -5.06. The lowest BCUT2D eigenvalue weighted by molar-refractivity contribution is -0.161. The van der Waals surface area contributed by atoms with Gasteiger partial charge in [-0.3, -0.25) is 37.3 Å². The second kappa shape index (κ2) is 76.1. The first-order valence-electron chi connectivity index (χ1n) is 40.1. The van der Waals surface area contributed by atoms with E-state index in [4.69, 9.17) is 37.0 Å². The summed E-state index contributed by atoms with van der Waals surface area (Å²) in [7, 11) is -9.99. The number of hydrogen-bond donors (Lipinski definition) is 3. The summed E-state index contributed by atoms with van der Waals surface area (Å²) in [6, 6.07) is 0. The summed E-state index contributed by atoms with van der Waals surface area (Å²) in [5.74, 6) is -2.27. The molecule has 0 saturated carbocycles. The van der Waals surface area contributed by atoms with Crippen molar-refractivity contribution in [3.8, 4) is 0 Å². The molecular weight excluding hydrogens is 1350 g/mol. The van der Waals surface area contributed by atoms with Crippen molar-refractivity contribution in [1.29, 1.82) is 0 Å². The first-order valence-corrected chi connectivity index (χ1v) is 43.1. The number of aliphatic hydroxyl groups is 1. The van der Waals surface area contributed by atoms with Gasteiger partial charge < -0.3 is 33.8 Å². The Kier molecular flexibility index (Phi) is 72.4. The van der Waals surface area contributed by atoms with Gasteiger partial charge in [-0.2, -0.15) is 0 Å². The molecule has 3 N–H and O–H groups in total. The van der Waals surface area contributed by atoms with Gasteiger partial charge in [0.15, 0.2) is 12.2 Å². The van der Waals surface area contributed by atoms with Crippen molar-refractivity contribution in [2.24, 2.45) is 0 Å². The molecular formula is C85H142O17P2. The summed E-state index contributed by atoms with van der Waals surface area (Å²) in [5, 5.41) is 10.6. The number of hydrogen-bond acceptors (Lipinski definition) is 15. The molecule has 5 atom stereocenters. The number of allylic oxidation sites excluding steroid dienone is 24. The van der Waals surface area contributed by atoms with Crippen LogP contribution in [-0.2, 0) is 65.4 Å². The Balaban J connectivity index is 5.43. The fourth-order valence-corrected chi connectivity index (χ4v) is 11.8. The van der Waals surface area contributed by atoms with E-state index < -0.39 is 97.5 Å². The second-order valence-corrected chi connectivity index (χ2v) is 29.1. The van der Waals surface area contributed by atoms with Crippen LogP contribution in [0.4, 0.5) is 0 Å². The summed E-state index contributed by atoms with van der Waals surface area (Å²) in [4.78, 5) is 73.0. The van der Waals surface area contributed by atoms with Crippen LogP contribution in [-0.4, -0.2) is 96.7 Å². The molecule has 0 aromatic carbocycles. The smallest absolute Gasteiger partial charge is 0.462 e. The molecule has 0 aliphatic carbocycles. The van der Waals surface area contributed by atoms with Crippen LogP contribution in [0.2, 0.25) is 0 Å². The highest BCUT2D eigenvalue weighted by atomic mass is 31.2. The summed E-state index contributed by atoms with van der Waals surface area (Å²) in [6.45, 7) is 4.50. The number of phosphoric ester groups is 2. The zero-order valence-electron chi connectivity index (χ0n) is 64.9. The molecule has 0 rings (SSSR count). The quantitative estimate of drug-likeness (QED) is 0.0169. The summed E-state index contributed by atoms with van der Waals surface area (Å²) < 4.78 is 68.6. The van der Waals surface area contributed by atoms with E-state index in [-0.39, 0.29) is 25.7 Å². The molecule has 0 aliphatic rings. The molecule has 0 radical (unpaired) electrons. The Bertz CT molecular complexity index is 2540. The molecule has 0 aromatic heterocycles. The van der Waals surface area contributed by atoms with Gasteiger partial charge in [-0.05, 0) is 167 Å². The fourth-order valence-electron chi connectivity index (χ4n) is 10.2. The van der Waals surface area contributed by atoms with Crippen LogP contribution in [0.1, 0.15) is 310 Å². The molecule has 594 valence electrons. The Morgan fingerprint density at radius 2 is 0.500 bits per heavy atom. The third-order valence-corrected chi connectivity index (χ3v) is 18.2. The van der Waals surface area contributed by atoms with Crippen LogP contribution in [0.5, 0.6) is 0 Å². The number of aliphatic hydroxyl groups excluding tert-OH is 1. The predicted octanol–water partition coefficient (Wildman–Crippen LogP) is 23.4. The van der Waals surface area contributed by atoms with E-state index >= 15 is 0 Å². The van der Waals surface area contributed by atoms with Gasteiger partial charge in [-0.1, -0.05) is 263 Å². The van der Waals surface area contributed by atoms with Crippen molar-refractivity contribution in [1.82, 2.24) is 0 Å². The van der Waals surface area contributed by atoms with E-state index in [9.17, 15) is 43.2 Å². The van der Waals surface area contributed by atoms with E-state index in [2.05, 4.69) is 174 Å². The zero-order valence-corrected chi connectivity index (χ0v) is 66.7. The highest BCUT2D eigenvalue weighted by Gasteiger charge is 2.30. The first kappa shape index (κ1) is 98.9. The van der Waals surface area contributed by atoms with Crippen LogP contribution in [0.15, 0.2) is 146 Å². The SMILES string of the molecule is CC/C=C\C/C=C\C/C=C\C/C=C\CCCCC(=O)OC(COC(=O)CCCCCCCC/C=C\C/C=C\C/C=C\CCCCC)COP(=O)(O)OCC(O)COP(=O)(O)OCC(COC(=O)CCCCCCC/C=C\C/C=C\C/C=C\CC)OC(=O)CCCCCCC/C=C\C/C=C\CCCCC. The van der Waals surface area contributed by atoms with E-state index in [1.807, 2.05) is 0 Å². The van der Waals surface area contributed by atoms with Gasteiger partial charge in [0.2, 0.25) is 0 Å². The summed E-state index contributed by atoms with van der Waals surface area (Å²) in [6.07, 6.45) is 86.8. The first-order chi connectivity index (χ1) is 50.7. The monoisotopic (exact) mass is 1500 g/mol. The maximum Gasteiger partial charge on any atom is 0.472 e. The van der Waals surface area contributed by atoms with Gasteiger partial charge in [-0.25, -0.2) is 9.13 Å². The van der Waals surface area contributed by atoms with Gasteiger partial charge in [0, 0.05) is 25.7 Å². The second-order valence-electron chi connectivity index (χ2n) is 26.2. The van der Waals surface area contributed by atoms with Gasteiger partial charge >= 0.3 is 39.5 Å². The Morgan fingerprint density at radius 3 is 0.788 bits per heavy atom. The molecule has 0 amide bonds. The lowest BCUT2D eigenvalue weighted by atomic mass is 10.1. The zero-order chi connectivity index (χ0) is 76.0. The van der Waals surface area contributed by atoms with Crippen LogP contribution >= 0.6 is 15.6 Å². The fraction of sp³-hybridized carbons (Fsp3) is 0.671. The molecule has 0 saturated heterocycles. The van der Waals surface area contributed by atoms with Crippen molar-refractivity contribution in [2.45, 2.75) is 329 Å². The minimum absolute atomic E-state index is 0.0351. The minimum Gasteiger partial charge on any atom is -0.462 e. The number of carbonyl (C=O) groups is 4. The maximum absolute atomic E-state index is 13.1. The maximum atomic E-state index is 13.1. The van der Waals surface area contributed by atoms with Crippen molar-refractivity contribution in [3.05, 3.63) is 146 Å². The highest BCUT2D eigenvalue weighted by Crippen LogP contribution is 2.45. The molecule has 104 heavy (non-hydrogen) atoms. The van der Waals surface area contributed by atoms with Crippen LogP contribution in [0, 0.1) is 0 Å². The van der Waals surface area contributed by atoms with E-state index in [1.165, 1.54) is 38.5 Å². The van der Waals surface area contributed by atoms with E-state index in [1.54, 1.807) is 0 Å². The molecule has 0 bridgehead atoms. The normalized spacial score (nSPS) is 14.6. The van der Waals surface area contributed by atoms with E-state index in [0.717, 1.165) is 186 Å². The topological polar surface area (TPSA) is 237 Å². The average Bonchev–Trinajstić information content (AvgIpc) is 0.999. The number of unbranched alkanes of at least 4 members (excludes halogenated alkanes) is 24. The van der Waals surface area contributed by atoms with Crippen LogP contribution in [0.3, 0.4) is 0 Å². The third-order valence-electron chi connectivity index (χ3n) is 16.3. The van der Waals surface area contributed by atoms with Crippen molar-refractivity contribution in [2.75, 3.05) is 39.6 Å². The van der Waals surface area contributed by atoms with Gasteiger partial charge in [0.05, 0.1) is 26.4 Å². The Morgan fingerprint density at radius 1 is 0.279 bits per heavy atom. The minimum atomic E-state index is -5.00. The molecule has 0 aliphatic heterocycles. The number of phosphoric acid groups is 2. The van der Waals surface area contributed by atoms with Crippen LogP contribution < -0.4 is 0 Å². The third kappa shape index (κ3) is 75.2. The van der Waals surface area contributed by atoms with Crippen molar-refractivity contribution in [3.63, 3.8) is 0 Å². The summed E-state index contributed by atoms with van der Waals surface area (Å²) >= 11 is 0. The van der Waals surface area contributed by atoms with Gasteiger partial charge in [-0.15, -0.1) is 0 Å². The summed E-state index contributed by atoms with van der Waals surface area (Å²) in [5.41, 5.74) is 0. The number of carbonyl (C=O) groups excluding carboxylic acids is 4. The molecule has 0 aromatic rings. The highest BCUT2D eigenvalue weighted by molar-refractivity contribution is 7.47. The number of rotatable bonds is 74. The molecule has 5 unspecified atom stereocenters. The average molecular weight is 1500 g/mol.